The van der Waals surface area contributed by atoms with Crippen LogP contribution in [0, 0.1) is 25.7 Å². The lowest BCUT2D eigenvalue weighted by atomic mass is 10.0. The number of aryl methyl sites for hydroxylation is 1. The third-order valence-corrected chi connectivity index (χ3v) is 4.79. The minimum absolute atomic E-state index is 0.0595. The van der Waals surface area contributed by atoms with Gasteiger partial charge in [-0.05, 0) is 26.0 Å². The van der Waals surface area contributed by atoms with E-state index in [9.17, 15) is 4.79 Å². The van der Waals surface area contributed by atoms with Crippen LogP contribution in [-0.4, -0.2) is 40.5 Å². The zero-order chi connectivity index (χ0) is 16.7. The Labute approximate surface area is 140 Å². The number of rotatable bonds is 3. The van der Waals surface area contributed by atoms with Gasteiger partial charge in [0.25, 0.3) is 0 Å². The Bertz CT molecular complexity index is 794. The number of anilines is 1. The summed E-state index contributed by atoms with van der Waals surface area (Å²) in [6, 6.07) is 3.70. The van der Waals surface area contributed by atoms with Crippen LogP contribution >= 0.6 is 0 Å². The van der Waals surface area contributed by atoms with E-state index in [1.165, 1.54) is 6.33 Å². The van der Waals surface area contributed by atoms with Crippen molar-refractivity contribution in [2.45, 2.75) is 13.8 Å². The number of fused-ring (bicyclic) bond motifs is 1. The summed E-state index contributed by atoms with van der Waals surface area (Å²) in [4.78, 5) is 26.9. The number of aromatic nitrogens is 3. The number of nitrogens with zero attached hydrogens (tertiary/aromatic N) is 4. The fourth-order valence-corrected chi connectivity index (χ4v) is 3.44. The van der Waals surface area contributed by atoms with E-state index in [2.05, 4.69) is 25.2 Å². The Kier molecular flexibility index (Phi) is 3.55. The van der Waals surface area contributed by atoms with Crippen LogP contribution in [0.3, 0.4) is 0 Å². The second-order valence-corrected chi connectivity index (χ2v) is 6.33. The fraction of sp³-hybridized carbons (Fsp3) is 0.412. The molecule has 0 saturated carbocycles. The molecule has 2 aromatic rings. The minimum Gasteiger partial charge on any atom is -0.437 e. The van der Waals surface area contributed by atoms with Gasteiger partial charge in [-0.2, -0.15) is 0 Å². The van der Waals surface area contributed by atoms with E-state index in [1.807, 2.05) is 26.0 Å². The van der Waals surface area contributed by atoms with Gasteiger partial charge in [-0.15, -0.1) is 0 Å². The maximum absolute atomic E-state index is 11.9. The molecule has 7 nitrogen and oxygen atoms in total. The van der Waals surface area contributed by atoms with E-state index in [4.69, 9.17) is 4.74 Å². The molecule has 0 unspecified atom stereocenters. The highest BCUT2D eigenvalue weighted by Gasteiger charge is 2.42. The number of ether oxygens (including phenoxy) is 1. The number of hydrogen-bond acceptors (Lipinski definition) is 6. The molecule has 0 bridgehead atoms. The average Bonchev–Trinajstić information content (AvgIpc) is 3.14. The predicted octanol–water partition coefficient (Wildman–Crippen LogP) is 1.46. The molecule has 0 aliphatic carbocycles. The SMILES string of the molecule is Cc1ncccc1Oc1ncnc(N2C[C@@H]3CNC(=O)[C@@H]3C2)c1C. The van der Waals surface area contributed by atoms with Gasteiger partial charge in [-0.3, -0.25) is 9.78 Å². The molecule has 2 fully saturated rings. The Hall–Kier alpha value is -2.70. The standard InChI is InChI=1S/C17H19N5O2/c1-10-15(22-7-12-6-19-16(23)13(12)8-22)20-9-21-17(10)24-14-4-3-5-18-11(14)2/h3-5,9,12-13H,6-8H2,1-2H3,(H,19,23)/t12-,13+/m0/s1. The Morgan fingerprint density at radius 1 is 1.25 bits per heavy atom. The summed E-state index contributed by atoms with van der Waals surface area (Å²) in [7, 11) is 0. The highest BCUT2D eigenvalue weighted by molar-refractivity contribution is 5.82. The monoisotopic (exact) mass is 325 g/mol. The molecule has 1 amide bonds. The van der Waals surface area contributed by atoms with Gasteiger partial charge in [0.05, 0.1) is 17.2 Å². The number of hydrogen-bond donors (Lipinski definition) is 1. The predicted molar refractivity (Wildman–Crippen MR) is 88.0 cm³/mol. The number of carbonyl (C=O) groups excluding carboxylic acids is 1. The minimum atomic E-state index is 0.0595. The highest BCUT2D eigenvalue weighted by Crippen LogP contribution is 2.34. The second kappa shape index (κ2) is 5.74. The average molecular weight is 325 g/mol. The van der Waals surface area contributed by atoms with Crippen molar-refractivity contribution in [2.24, 2.45) is 11.8 Å². The van der Waals surface area contributed by atoms with Gasteiger partial charge in [0.15, 0.2) is 5.75 Å². The molecular formula is C17H19N5O2. The van der Waals surface area contributed by atoms with Gasteiger partial charge in [-0.25, -0.2) is 9.97 Å². The van der Waals surface area contributed by atoms with Gasteiger partial charge in [0.2, 0.25) is 11.8 Å². The summed E-state index contributed by atoms with van der Waals surface area (Å²) in [6.07, 6.45) is 3.24. The van der Waals surface area contributed by atoms with Crippen LogP contribution in [-0.2, 0) is 4.79 Å². The van der Waals surface area contributed by atoms with Gasteiger partial charge in [0, 0.05) is 31.7 Å². The lowest BCUT2D eigenvalue weighted by Gasteiger charge is -2.21. The fourth-order valence-electron chi connectivity index (χ4n) is 3.44. The zero-order valence-electron chi connectivity index (χ0n) is 13.7. The first-order chi connectivity index (χ1) is 11.6. The molecule has 0 aromatic carbocycles. The van der Waals surface area contributed by atoms with Crippen molar-refractivity contribution < 1.29 is 9.53 Å². The summed E-state index contributed by atoms with van der Waals surface area (Å²) >= 11 is 0. The molecule has 4 rings (SSSR count). The Morgan fingerprint density at radius 3 is 2.92 bits per heavy atom. The molecule has 2 aromatic heterocycles. The Balaban J connectivity index is 1.60. The van der Waals surface area contributed by atoms with Gasteiger partial charge >= 0.3 is 0 Å². The van der Waals surface area contributed by atoms with Crippen LogP contribution in [0.15, 0.2) is 24.7 Å². The maximum Gasteiger partial charge on any atom is 0.227 e. The molecule has 2 atom stereocenters. The molecule has 2 aliphatic rings. The van der Waals surface area contributed by atoms with E-state index in [1.54, 1.807) is 6.20 Å². The molecule has 1 N–H and O–H groups in total. The van der Waals surface area contributed by atoms with Crippen LogP contribution in [0.2, 0.25) is 0 Å². The molecule has 7 heteroatoms. The first-order valence-corrected chi connectivity index (χ1v) is 8.07. The lowest BCUT2D eigenvalue weighted by Crippen LogP contribution is -2.29. The lowest BCUT2D eigenvalue weighted by molar-refractivity contribution is -0.122. The first-order valence-electron chi connectivity index (χ1n) is 8.07. The van der Waals surface area contributed by atoms with Crippen molar-refractivity contribution in [3.63, 3.8) is 0 Å². The molecule has 0 radical (unpaired) electrons. The summed E-state index contributed by atoms with van der Waals surface area (Å²) < 4.78 is 5.94. The molecule has 2 saturated heterocycles. The maximum atomic E-state index is 11.9. The van der Waals surface area contributed by atoms with Crippen molar-refractivity contribution in [3.05, 3.63) is 35.9 Å². The third-order valence-electron chi connectivity index (χ3n) is 4.79. The van der Waals surface area contributed by atoms with Crippen LogP contribution < -0.4 is 15.0 Å². The summed E-state index contributed by atoms with van der Waals surface area (Å²) in [5.74, 6) is 2.61. The van der Waals surface area contributed by atoms with Crippen molar-refractivity contribution >= 4 is 11.7 Å². The number of carbonyl (C=O) groups is 1. The van der Waals surface area contributed by atoms with Gasteiger partial charge in [0.1, 0.15) is 12.1 Å². The second-order valence-electron chi connectivity index (χ2n) is 6.33. The van der Waals surface area contributed by atoms with E-state index >= 15 is 0 Å². The van der Waals surface area contributed by atoms with E-state index in [0.717, 1.165) is 30.2 Å². The van der Waals surface area contributed by atoms with Crippen LogP contribution in [0.5, 0.6) is 11.6 Å². The molecule has 0 spiro atoms. The number of nitrogens with one attached hydrogen (secondary N) is 1. The Morgan fingerprint density at radius 2 is 2.12 bits per heavy atom. The van der Waals surface area contributed by atoms with Crippen molar-refractivity contribution in [1.82, 2.24) is 20.3 Å². The first kappa shape index (κ1) is 14.9. The molecule has 24 heavy (non-hydrogen) atoms. The largest absolute Gasteiger partial charge is 0.437 e. The summed E-state index contributed by atoms with van der Waals surface area (Å²) in [6.45, 7) is 6.12. The van der Waals surface area contributed by atoms with Crippen LogP contribution in [0.25, 0.3) is 0 Å². The highest BCUT2D eigenvalue weighted by atomic mass is 16.5. The summed E-state index contributed by atoms with van der Waals surface area (Å²) in [5.41, 5.74) is 1.69. The molecule has 4 heterocycles. The number of amides is 1. The topological polar surface area (TPSA) is 80.2 Å². The third kappa shape index (κ3) is 2.46. The molecular weight excluding hydrogens is 306 g/mol. The summed E-state index contributed by atoms with van der Waals surface area (Å²) in [5, 5.41) is 2.93. The van der Waals surface area contributed by atoms with Gasteiger partial charge in [-0.1, -0.05) is 0 Å². The smallest absolute Gasteiger partial charge is 0.227 e. The van der Waals surface area contributed by atoms with E-state index < -0.39 is 0 Å². The van der Waals surface area contributed by atoms with E-state index in [-0.39, 0.29) is 11.8 Å². The van der Waals surface area contributed by atoms with Crippen LogP contribution in [0.4, 0.5) is 5.82 Å². The molecule has 124 valence electrons. The van der Waals surface area contributed by atoms with Gasteiger partial charge < -0.3 is 15.0 Å². The molecule has 2 aliphatic heterocycles. The normalized spacial score (nSPS) is 22.4. The van der Waals surface area contributed by atoms with Crippen molar-refractivity contribution in [3.8, 4) is 11.6 Å². The van der Waals surface area contributed by atoms with E-state index in [0.29, 0.717) is 24.1 Å². The quantitative estimate of drug-likeness (QED) is 0.920. The van der Waals surface area contributed by atoms with Crippen LogP contribution in [0.1, 0.15) is 11.3 Å². The van der Waals surface area contributed by atoms with Crippen molar-refractivity contribution in [2.75, 3.05) is 24.5 Å². The van der Waals surface area contributed by atoms with Crippen molar-refractivity contribution in [1.29, 1.82) is 0 Å². The zero-order valence-corrected chi connectivity index (χ0v) is 13.7. The number of pyridine rings is 1.